The summed E-state index contributed by atoms with van der Waals surface area (Å²) < 4.78 is 12.7. The quantitative estimate of drug-likeness (QED) is 0.409. The summed E-state index contributed by atoms with van der Waals surface area (Å²) in [5.41, 5.74) is 3.22. The van der Waals surface area contributed by atoms with Crippen LogP contribution < -0.4 is 19.7 Å². The van der Waals surface area contributed by atoms with E-state index in [2.05, 4.69) is 20.6 Å². The van der Waals surface area contributed by atoms with Crippen molar-refractivity contribution in [1.29, 1.82) is 0 Å². The van der Waals surface area contributed by atoms with Gasteiger partial charge >= 0.3 is 0 Å². The van der Waals surface area contributed by atoms with E-state index in [4.69, 9.17) is 9.47 Å². The molecule has 1 fully saturated rings. The topological polar surface area (TPSA) is 111 Å². The Hall–Kier alpha value is -4.73. The van der Waals surface area contributed by atoms with Gasteiger partial charge in [-0.15, -0.1) is 10.2 Å². The van der Waals surface area contributed by atoms with E-state index in [1.165, 1.54) is 0 Å². The number of carbonyl (C=O) groups excluding carboxylic acids is 2. The summed E-state index contributed by atoms with van der Waals surface area (Å²) in [4.78, 5) is 27.0. The molecule has 2 amide bonds. The molecule has 3 heterocycles. The second kappa shape index (κ2) is 10.1. The summed E-state index contributed by atoms with van der Waals surface area (Å²) in [6.45, 7) is 4.20. The molecular formula is C27H26N6O4. The van der Waals surface area contributed by atoms with Gasteiger partial charge in [0.2, 0.25) is 17.7 Å². The van der Waals surface area contributed by atoms with Crippen LogP contribution >= 0.6 is 0 Å². The lowest BCUT2D eigenvalue weighted by atomic mass is 10.1. The van der Waals surface area contributed by atoms with E-state index in [-0.39, 0.29) is 18.2 Å². The van der Waals surface area contributed by atoms with Crippen LogP contribution in [0.2, 0.25) is 0 Å². The number of ether oxygens (including phenoxy) is 2. The molecule has 1 aliphatic heterocycles. The predicted molar refractivity (Wildman–Crippen MR) is 137 cm³/mol. The van der Waals surface area contributed by atoms with Crippen molar-refractivity contribution in [3.8, 4) is 23.2 Å². The molecule has 5 rings (SSSR count). The Morgan fingerprint density at radius 2 is 1.70 bits per heavy atom. The Labute approximate surface area is 213 Å². The molecule has 1 aliphatic rings. The first-order valence-electron chi connectivity index (χ1n) is 11.8. The van der Waals surface area contributed by atoms with Crippen LogP contribution in [0.1, 0.15) is 17.8 Å². The fraction of sp³-hybridized carbons (Fsp3) is 0.222. The molecule has 0 aliphatic carbocycles. The molecule has 0 bridgehead atoms. The number of rotatable bonds is 7. The van der Waals surface area contributed by atoms with Gasteiger partial charge in [-0.25, -0.2) is 4.68 Å². The van der Waals surface area contributed by atoms with Crippen LogP contribution in [0.15, 0.2) is 66.7 Å². The molecule has 1 atom stereocenters. The number of anilines is 2. The molecule has 1 N–H and O–H groups in total. The van der Waals surface area contributed by atoms with E-state index in [1.54, 1.807) is 65.2 Å². The second-order valence-electron chi connectivity index (χ2n) is 8.79. The van der Waals surface area contributed by atoms with Gasteiger partial charge < -0.3 is 19.7 Å². The van der Waals surface area contributed by atoms with Crippen molar-refractivity contribution in [1.82, 2.24) is 20.0 Å². The van der Waals surface area contributed by atoms with Crippen molar-refractivity contribution >= 4 is 23.2 Å². The van der Waals surface area contributed by atoms with Gasteiger partial charge in [0.25, 0.3) is 0 Å². The third kappa shape index (κ3) is 5.27. The minimum atomic E-state index is -0.443. The largest absolute Gasteiger partial charge is 0.497 e. The fourth-order valence-electron chi connectivity index (χ4n) is 4.21. The second-order valence-corrected chi connectivity index (χ2v) is 8.79. The van der Waals surface area contributed by atoms with Gasteiger partial charge in [0, 0.05) is 36.1 Å². The number of hydrogen-bond donors (Lipinski definition) is 1. The molecule has 0 spiro atoms. The number of aromatic nitrogens is 4. The molecule has 188 valence electrons. The lowest BCUT2D eigenvalue weighted by Gasteiger charge is -2.17. The summed E-state index contributed by atoms with van der Waals surface area (Å²) in [7, 11) is 1.59. The Morgan fingerprint density at radius 3 is 2.32 bits per heavy atom. The maximum Gasteiger partial charge on any atom is 0.238 e. The fourth-order valence-corrected chi connectivity index (χ4v) is 4.21. The first-order chi connectivity index (χ1) is 17.9. The van der Waals surface area contributed by atoms with Crippen molar-refractivity contribution < 1.29 is 19.1 Å². The van der Waals surface area contributed by atoms with Crippen LogP contribution in [0.3, 0.4) is 0 Å². The molecule has 2 aromatic heterocycles. The van der Waals surface area contributed by atoms with Crippen LogP contribution in [0.4, 0.5) is 11.4 Å². The zero-order chi connectivity index (χ0) is 25.9. The third-order valence-corrected chi connectivity index (χ3v) is 6.08. The molecule has 0 radical (unpaired) electrons. The summed E-state index contributed by atoms with van der Waals surface area (Å²) in [6.07, 6.45) is 0.158. The summed E-state index contributed by atoms with van der Waals surface area (Å²) in [5.74, 6) is 1.47. The lowest BCUT2D eigenvalue weighted by Crippen LogP contribution is -2.28. The van der Waals surface area contributed by atoms with E-state index in [0.29, 0.717) is 35.4 Å². The SMILES string of the molecule is COc1ccc(N2CC(C(=O)Nc3ccc(Oc4ccc(-n5nc(C)cc5C)nn4)cc3)CC2=O)cc1. The number of hydrogen-bond acceptors (Lipinski definition) is 7. The number of aryl methyl sites for hydroxylation is 2. The van der Waals surface area contributed by atoms with Gasteiger partial charge in [0.05, 0.1) is 18.7 Å². The molecule has 4 aromatic rings. The highest BCUT2D eigenvalue weighted by Gasteiger charge is 2.35. The molecule has 10 nitrogen and oxygen atoms in total. The zero-order valence-electron chi connectivity index (χ0n) is 20.7. The van der Waals surface area contributed by atoms with Crippen LogP contribution in [0.25, 0.3) is 5.82 Å². The average molecular weight is 499 g/mol. The van der Waals surface area contributed by atoms with E-state index in [1.807, 2.05) is 32.0 Å². The van der Waals surface area contributed by atoms with Gasteiger partial charge in [-0.05, 0) is 74.5 Å². The molecule has 2 aromatic carbocycles. The van der Waals surface area contributed by atoms with Crippen LogP contribution in [-0.2, 0) is 9.59 Å². The van der Waals surface area contributed by atoms with Gasteiger partial charge in [-0.3, -0.25) is 9.59 Å². The predicted octanol–water partition coefficient (Wildman–Crippen LogP) is 4.07. The first-order valence-corrected chi connectivity index (χ1v) is 11.8. The van der Waals surface area contributed by atoms with Gasteiger partial charge in [0.15, 0.2) is 5.82 Å². The molecule has 0 saturated carbocycles. The van der Waals surface area contributed by atoms with Gasteiger partial charge in [0.1, 0.15) is 11.5 Å². The molecule has 1 saturated heterocycles. The number of carbonyl (C=O) groups is 2. The Bertz CT molecular complexity index is 1420. The van der Waals surface area contributed by atoms with E-state index < -0.39 is 5.92 Å². The van der Waals surface area contributed by atoms with Crippen LogP contribution in [-0.4, -0.2) is 45.4 Å². The van der Waals surface area contributed by atoms with Gasteiger partial charge in [-0.1, -0.05) is 0 Å². The minimum absolute atomic E-state index is 0.0842. The molecule has 1 unspecified atom stereocenters. The van der Waals surface area contributed by atoms with E-state index in [9.17, 15) is 9.59 Å². The highest BCUT2D eigenvalue weighted by atomic mass is 16.5. The average Bonchev–Trinajstić information content (AvgIpc) is 3.46. The van der Waals surface area contributed by atoms with E-state index >= 15 is 0 Å². The monoisotopic (exact) mass is 498 g/mol. The van der Waals surface area contributed by atoms with Crippen molar-refractivity contribution in [3.63, 3.8) is 0 Å². The van der Waals surface area contributed by atoms with Crippen molar-refractivity contribution in [2.24, 2.45) is 5.92 Å². The third-order valence-electron chi connectivity index (χ3n) is 6.08. The molecular weight excluding hydrogens is 472 g/mol. The maximum absolute atomic E-state index is 12.8. The van der Waals surface area contributed by atoms with Crippen molar-refractivity contribution in [3.05, 3.63) is 78.1 Å². The first kappa shape index (κ1) is 24.0. The highest BCUT2D eigenvalue weighted by molar-refractivity contribution is 6.03. The highest BCUT2D eigenvalue weighted by Crippen LogP contribution is 2.28. The number of amides is 2. The van der Waals surface area contributed by atoms with Crippen molar-refractivity contribution in [2.45, 2.75) is 20.3 Å². The smallest absolute Gasteiger partial charge is 0.238 e. The normalized spacial score (nSPS) is 15.1. The van der Waals surface area contributed by atoms with Crippen LogP contribution in [0, 0.1) is 19.8 Å². The Morgan fingerprint density at radius 1 is 0.973 bits per heavy atom. The summed E-state index contributed by atoms with van der Waals surface area (Å²) in [6, 6.07) is 19.6. The summed E-state index contributed by atoms with van der Waals surface area (Å²) >= 11 is 0. The molecule has 37 heavy (non-hydrogen) atoms. The number of methoxy groups -OCH3 is 1. The van der Waals surface area contributed by atoms with E-state index in [0.717, 1.165) is 17.1 Å². The minimum Gasteiger partial charge on any atom is -0.497 e. The van der Waals surface area contributed by atoms with Crippen molar-refractivity contribution in [2.75, 3.05) is 23.9 Å². The lowest BCUT2D eigenvalue weighted by molar-refractivity contribution is -0.122. The Kier molecular flexibility index (Phi) is 6.55. The maximum atomic E-state index is 12.8. The Balaban J connectivity index is 1.17. The molecule has 10 heteroatoms. The summed E-state index contributed by atoms with van der Waals surface area (Å²) in [5, 5.41) is 15.6. The van der Waals surface area contributed by atoms with Gasteiger partial charge in [-0.2, -0.15) is 5.10 Å². The van der Waals surface area contributed by atoms with Crippen LogP contribution in [0.5, 0.6) is 17.4 Å². The standard InChI is InChI=1S/C27H26N6O4/c1-17-14-18(2)33(31-17)24-12-13-25(30-29-24)37-23-8-4-20(5-9-23)28-27(35)19-15-26(34)32(16-19)21-6-10-22(36-3)11-7-21/h4-14,19H,15-16H2,1-3H3,(H,28,35). The number of nitrogens with one attached hydrogen (secondary N) is 1. The number of benzene rings is 2. The number of nitrogens with zero attached hydrogens (tertiary/aromatic N) is 5. The zero-order valence-corrected chi connectivity index (χ0v) is 20.7.